The van der Waals surface area contributed by atoms with Crippen LogP contribution in [-0.2, 0) is 10.0 Å². The summed E-state index contributed by atoms with van der Waals surface area (Å²) < 4.78 is 63.4. The van der Waals surface area contributed by atoms with Gasteiger partial charge in [0.15, 0.2) is 0 Å². The molecule has 0 aliphatic rings. The summed E-state index contributed by atoms with van der Waals surface area (Å²) in [6.45, 7) is -3.01. The summed E-state index contributed by atoms with van der Waals surface area (Å²) in [6, 6.07) is 1.67. The number of nitro benzene ring substituents is 1. The number of nitro groups is 1. The molecule has 0 aliphatic carbocycles. The highest BCUT2D eigenvalue weighted by Crippen LogP contribution is 2.21. The minimum Gasteiger partial charge on any atom is -0.390 e. The molecule has 0 radical (unpaired) electrons. The maximum Gasteiger partial charge on any atom is 0.283 e. The number of hydrogen-bond donors (Lipinski definition) is 2. The van der Waals surface area contributed by atoms with Crippen LogP contribution in [0.3, 0.4) is 0 Å². The highest BCUT2D eigenvalue weighted by atomic mass is 32.2. The van der Waals surface area contributed by atoms with Crippen LogP contribution in [0.2, 0.25) is 0 Å². The lowest BCUT2D eigenvalue weighted by molar-refractivity contribution is -0.385. The number of sulfonamides is 1. The molecule has 0 saturated carbocycles. The number of aliphatic hydroxyl groups excluding tert-OH is 1. The molecule has 20 heavy (non-hydrogen) atoms. The van der Waals surface area contributed by atoms with Crippen molar-refractivity contribution < 1.29 is 31.6 Å². The van der Waals surface area contributed by atoms with E-state index >= 15 is 0 Å². The van der Waals surface area contributed by atoms with Crippen molar-refractivity contribution in [2.75, 3.05) is 13.2 Å². The van der Waals surface area contributed by atoms with E-state index in [9.17, 15) is 31.7 Å². The fourth-order valence-electron chi connectivity index (χ4n) is 1.16. The van der Waals surface area contributed by atoms with Gasteiger partial charge in [0.05, 0.1) is 17.5 Å². The highest BCUT2D eigenvalue weighted by Gasteiger charge is 2.31. The molecule has 1 rings (SSSR count). The lowest BCUT2D eigenvalue weighted by atomic mass is 10.3. The predicted octanol–water partition coefficient (Wildman–Crippen LogP) is 0.640. The molecule has 1 aromatic carbocycles. The van der Waals surface area contributed by atoms with E-state index < -0.39 is 50.4 Å². The van der Waals surface area contributed by atoms with Gasteiger partial charge >= 0.3 is 0 Å². The van der Waals surface area contributed by atoms with Gasteiger partial charge in [0.2, 0.25) is 10.0 Å². The summed E-state index contributed by atoms with van der Waals surface area (Å²) in [6.07, 6.45) is 0. The molecular formula is C9H9F3N2O5S. The van der Waals surface area contributed by atoms with Crippen LogP contribution in [-0.4, -0.2) is 37.5 Å². The molecule has 0 saturated heterocycles. The molecule has 1 aromatic rings. The van der Waals surface area contributed by atoms with Crippen molar-refractivity contribution in [2.45, 2.75) is 10.8 Å². The van der Waals surface area contributed by atoms with Gasteiger partial charge in [-0.25, -0.2) is 26.3 Å². The van der Waals surface area contributed by atoms with Crippen molar-refractivity contribution in [3.8, 4) is 0 Å². The van der Waals surface area contributed by atoms with E-state index in [1.165, 1.54) is 4.72 Å². The molecule has 7 nitrogen and oxygen atoms in total. The number of benzene rings is 1. The monoisotopic (exact) mass is 314 g/mol. The first-order valence-corrected chi connectivity index (χ1v) is 6.50. The molecule has 0 aliphatic heterocycles. The summed E-state index contributed by atoms with van der Waals surface area (Å²) in [7, 11) is -4.62. The van der Waals surface area contributed by atoms with Crippen LogP contribution in [0.15, 0.2) is 23.1 Å². The van der Waals surface area contributed by atoms with Gasteiger partial charge in [-0.15, -0.1) is 0 Å². The Labute approximate surface area is 111 Å². The number of alkyl halides is 2. The first kappa shape index (κ1) is 16.3. The third kappa shape index (κ3) is 3.88. The van der Waals surface area contributed by atoms with E-state index in [0.29, 0.717) is 12.1 Å². The van der Waals surface area contributed by atoms with Gasteiger partial charge in [-0.2, -0.15) is 0 Å². The quantitative estimate of drug-likeness (QED) is 0.591. The summed E-state index contributed by atoms with van der Waals surface area (Å²) in [4.78, 5) is 8.42. The summed E-state index contributed by atoms with van der Waals surface area (Å²) >= 11 is 0. The summed E-state index contributed by atoms with van der Waals surface area (Å²) in [5, 5.41) is 18.6. The average Bonchev–Trinajstić information content (AvgIpc) is 2.36. The molecule has 2 N–H and O–H groups in total. The number of halogens is 3. The van der Waals surface area contributed by atoms with Crippen LogP contribution in [0.5, 0.6) is 0 Å². The van der Waals surface area contributed by atoms with E-state index in [2.05, 4.69) is 0 Å². The predicted molar refractivity (Wildman–Crippen MR) is 60.3 cm³/mol. The van der Waals surface area contributed by atoms with Crippen LogP contribution >= 0.6 is 0 Å². The first-order valence-electron chi connectivity index (χ1n) is 5.01. The molecule has 0 unspecified atom stereocenters. The Morgan fingerprint density at radius 1 is 1.40 bits per heavy atom. The zero-order valence-corrected chi connectivity index (χ0v) is 10.5. The van der Waals surface area contributed by atoms with Gasteiger partial charge in [0, 0.05) is 6.07 Å². The van der Waals surface area contributed by atoms with Gasteiger partial charge in [-0.1, -0.05) is 0 Å². The van der Waals surface area contributed by atoms with Crippen molar-refractivity contribution in [2.24, 2.45) is 0 Å². The zero-order valence-electron chi connectivity index (χ0n) is 9.72. The number of rotatable bonds is 6. The second kappa shape index (κ2) is 5.73. The number of aliphatic hydroxyl groups is 1. The molecule has 0 aromatic heterocycles. The van der Waals surface area contributed by atoms with Crippen LogP contribution in [0.25, 0.3) is 0 Å². The maximum atomic E-state index is 13.4. The van der Waals surface area contributed by atoms with Gasteiger partial charge < -0.3 is 5.11 Å². The summed E-state index contributed by atoms with van der Waals surface area (Å²) in [5.41, 5.74) is -0.679. The standard InChI is InChI=1S/C9H9F3N2O5S/c10-7-3-6(14(16)17)1-2-8(7)20(18,19)13-4-9(11,12)5-15/h1-3,13,15H,4-5H2. The van der Waals surface area contributed by atoms with Crippen LogP contribution < -0.4 is 4.72 Å². The largest absolute Gasteiger partial charge is 0.390 e. The Kier molecular flexibility index (Phi) is 4.68. The van der Waals surface area contributed by atoms with E-state index in [1.807, 2.05) is 0 Å². The van der Waals surface area contributed by atoms with Crippen LogP contribution in [0.4, 0.5) is 18.9 Å². The SMILES string of the molecule is O=[N+]([O-])c1ccc(S(=O)(=O)NCC(F)(F)CO)c(F)c1. The topological polar surface area (TPSA) is 110 Å². The second-order valence-corrected chi connectivity index (χ2v) is 5.45. The minimum atomic E-state index is -4.62. The second-order valence-electron chi connectivity index (χ2n) is 3.71. The lowest BCUT2D eigenvalue weighted by Gasteiger charge is -2.14. The number of nitrogens with one attached hydrogen (secondary N) is 1. The number of non-ortho nitro benzene ring substituents is 1. The molecule has 0 atom stereocenters. The van der Waals surface area contributed by atoms with Crippen LogP contribution in [0.1, 0.15) is 0 Å². The molecule has 11 heteroatoms. The fourth-order valence-corrected chi connectivity index (χ4v) is 2.28. The molecule has 112 valence electrons. The molecule has 0 spiro atoms. The molecule has 0 bridgehead atoms. The normalized spacial score (nSPS) is 12.4. The Bertz CT molecular complexity index is 620. The van der Waals surface area contributed by atoms with Crippen molar-refractivity contribution in [3.05, 3.63) is 34.1 Å². The number of nitrogens with zero attached hydrogens (tertiary/aromatic N) is 1. The van der Waals surface area contributed by atoms with E-state index in [1.54, 1.807) is 0 Å². The molecule has 0 fully saturated rings. The van der Waals surface area contributed by atoms with Crippen molar-refractivity contribution in [1.29, 1.82) is 0 Å². The minimum absolute atomic E-state index is 0.360. The van der Waals surface area contributed by atoms with E-state index in [-0.39, 0.29) is 0 Å². The smallest absolute Gasteiger partial charge is 0.283 e. The lowest BCUT2D eigenvalue weighted by Crippen LogP contribution is -2.39. The number of hydrogen-bond acceptors (Lipinski definition) is 5. The average molecular weight is 314 g/mol. The van der Waals surface area contributed by atoms with Gasteiger partial charge in [-0.3, -0.25) is 10.1 Å². The Morgan fingerprint density at radius 2 is 2.00 bits per heavy atom. The maximum absolute atomic E-state index is 13.4. The van der Waals surface area contributed by atoms with Crippen molar-refractivity contribution >= 4 is 15.7 Å². The molecular weight excluding hydrogens is 305 g/mol. The fraction of sp³-hybridized carbons (Fsp3) is 0.333. The molecule has 0 amide bonds. The van der Waals surface area contributed by atoms with E-state index in [0.717, 1.165) is 6.07 Å². The molecule has 0 heterocycles. The van der Waals surface area contributed by atoms with Gasteiger partial charge in [0.25, 0.3) is 11.6 Å². The Hall–Kier alpha value is -1.72. The van der Waals surface area contributed by atoms with E-state index in [4.69, 9.17) is 5.11 Å². The Morgan fingerprint density at radius 3 is 2.45 bits per heavy atom. The van der Waals surface area contributed by atoms with Crippen molar-refractivity contribution in [3.63, 3.8) is 0 Å². The summed E-state index contributed by atoms with van der Waals surface area (Å²) in [5.74, 6) is -5.15. The first-order chi connectivity index (χ1) is 9.09. The zero-order chi connectivity index (χ0) is 15.6. The van der Waals surface area contributed by atoms with Crippen molar-refractivity contribution in [1.82, 2.24) is 4.72 Å². The van der Waals surface area contributed by atoms with Crippen LogP contribution in [0, 0.1) is 15.9 Å². The van der Waals surface area contributed by atoms with Gasteiger partial charge in [0.1, 0.15) is 17.3 Å². The third-order valence-electron chi connectivity index (χ3n) is 2.17. The Balaban J connectivity index is 3.02. The van der Waals surface area contributed by atoms with Gasteiger partial charge in [-0.05, 0) is 6.07 Å². The highest BCUT2D eigenvalue weighted by molar-refractivity contribution is 7.89. The third-order valence-corrected chi connectivity index (χ3v) is 3.60.